The molecule has 0 aliphatic carbocycles. The summed E-state index contributed by atoms with van der Waals surface area (Å²) in [6.07, 6.45) is 0.958. The number of urea groups is 1. The minimum absolute atomic E-state index is 0.128. The lowest BCUT2D eigenvalue weighted by atomic mass is 9.82. The van der Waals surface area contributed by atoms with Gasteiger partial charge in [-0.15, -0.1) is 0 Å². The van der Waals surface area contributed by atoms with Gasteiger partial charge in [0.05, 0.1) is 18.6 Å². The van der Waals surface area contributed by atoms with Gasteiger partial charge in [-0.1, -0.05) is 13.8 Å². The molecule has 0 aromatic carbocycles. The number of hydrogen-bond acceptors (Lipinski definition) is 4. The van der Waals surface area contributed by atoms with Gasteiger partial charge < -0.3 is 25.4 Å². The zero-order valence-electron chi connectivity index (χ0n) is 13.6. The molecule has 0 saturated carbocycles. The van der Waals surface area contributed by atoms with Crippen LogP contribution in [0.2, 0.25) is 0 Å². The van der Waals surface area contributed by atoms with Crippen molar-refractivity contribution in [1.29, 1.82) is 0 Å². The summed E-state index contributed by atoms with van der Waals surface area (Å²) in [7, 11) is 3.93. The molecule has 0 aliphatic heterocycles. The smallest absolute Gasteiger partial charge is 0.314 e. The SMILES string of the molecule is CCC(CC)(CNC(=O)NCCOCCN(C)C)C(=O)O. The second kappa shape index (κ2) is 10.4. The predicted octanol–water partition coefficient (Wildman–Crippen LogP) is 0.755. The third-order valence-corrected chi connectivity index (χ3v) is 3.61. The predicted molar refractivity (Wildman–Crippen MR) is 81.4 cm³/mol. The van der Waals surface area contributed by atoms with Gasteiger partial charge >= 0.3 is 12.0 Å². The molecule has 3 N–H and O–H groups in total. The summed E-state index contributed by atoms with van der Waals surface area (Å²) >= 11 is 0. The highest BCUT2D eigenvalue weighted by Gasteiger charge is 2.35. The van der Waals surface area contributed by atoms with Crippen molar-refractivity contribution in [2.45, 2.75) is 26.7 Å². The van der Waals surface area contributed by atoms with E-state index in [2.05, 4.69) is 10.6 Å². The molecule has 21 heavy (non-hydrogen) atoms. The van der Waals surface area contributed by atoms with E-state index < -0.39 is 11.4 Å². The molecule has 0 unspecified atom stereocenters. The molecule has 0 spiro atoms. The van der Waals surface area contributed by atoms with Crippen molar-refractivity contribution in [3.05, 3.63) is 0 Å². The van der Waals surface area contributed by atoms with Crippen molar-refractivity contribution in [3.63, 3.8) is 0 Å². The molecule has 0 aliphatic rings. The highest BCUT2D eigenvalue weighted by molar-refractivity contribution is 5.78. The zero-order chi connectivity index (χ0) is 16.3. The Morgan fingerprint density at radius 2 is 1.76 bits per heavy atom. The Kier molecular flexibility index (Phi) is 9.73. The molecule has 0 aromatic rings. The number of carboxylic acids is 1. The molecule has 7 nitrogen and oxygen atoms in total. The fourth-order valence-corrected chi connectivity index (χ4v) is 1.78. The van der Waals surface area contributed by atoms with E-state index >= 15 is 0 Å². The van der Waals surface area contributed by atoms with Crippen LogP contribution in [0.1, 0.15) is 26.7 Å². The van der Waals surface area contributed by atoms with Crippen LogP contribution in [-0.2, 0) is 9.53 Å². The quantitative estimate of drug-likeness (QED) is 0.490. The molecule has 0 aromatic heterocycles. The largest absolute Gasteiger partial charge is 0.481 e. The van der Waals surface area contributed by atoms with Crippen LogP contribution < -0.4 is 10.6 Å². The van der Waals surface area contributed by atoms with Gasteiger partial charge in [-0.3, -0.25) is 4.79 Å². The average Bonchev–Trinajstić information content (AvgIpc) is 2.43. The Morgan fingerprint density at radius 3 is 2.24 bits per heavy atom. The Hall–Kier alpha value is -1.34. The van der Waals surface area contributed by atoms with E-state index in [0.717, 1.165) is 6.54 Å². The number of likely N-dealkylation sites (N-methyl/N-ethyl adjacent to an activating group) is 1. The molecule has 124 valence electrons. The first kappa shape index (κ1) is 19.7. The maximum atomic E-state index is 11.6. The van der Waals surface area contributed by atoms with Crippen molar-refractivity contribution < 1.29 is 19.4 Å². The number of nitrogens with one attached hydrogen (secondary N) is 2. The van der Waals surface area contributed by atoms with Crippen LogP contribution in [0.5, 0.6) is 0 Å². The average molecular weight is 303 g/mol. The lowest BCUT2D eigenvalue weighted by Gasteiger charge is -2.26. The number of carboxylic acid groups (broad SMARTS) is 1. The standard InChI is InChI=1S/C14H29N3O4/c1-5-14(6-2,12(18)19)11-16-13(20)15-7-9-21-10-8-17(3)4/h5-11H2,1-4H3,(H,18,19)(H2,15,16,20). The van der Waals surface area contributed by atoms with E-state index in [1.54, 1.807) is 0 Å². The van der Waals surface area contributed by atoms with E-state index in [1.165, 1.54) is 0 Å². The van der Waals surface area contributed by atoms with Crippen molar-refractivity contribution in [1.82, 2.24) is 15.5 Å². The Morgan fingerprint density at radius 1 is 1.14 bits per heavy atom. The summed E-state index contributed by atoms with van der Waals surface area (Å²) in [6, 6.07) is -0.362. The van der Waals surface area contributed by atoms with Gasteiger partial charge in [0.1, 0.15) is 0 Å². The van der Waals surface area contributed by atoms with Gasteiger partial charge in [-0.25, -0.2) is 4.79 Å². The maximum absolute atomic E-state index is 11.6. The maximum Gasteiger partial charge on any atom is 0.314 e. The van der Waals surface area contributed by atoms with Crippen LogP contribution in [-0.4, -0.2) is 69.0 Å². The monoisotopic (exact) mass is 303 g/mol. The highest BCUT2D eigenvalue weighted by Crippen LogP contribution is 2.25. The normalized spacial score (nSPS) is 11.5. The summed E-state index contributed by atoms with van der Waals surface area (Å²) in [4.78, 5) is 24.9. The van der Waals surface area contributed by atoms with Crippen LogP contribution in [0.25, 0.3) is 0 Å². The summed E-state index contributed by atoms with van der Waals surface area (Å²) < 4.78 is 5.34. The van der Waals surface area contributed by atoms with Gasteiger partial charge in [0.25, 0.3) is 0 Å². The first-order chi connectivity index (χ1) is 9.88. The van der Waals surface area contributed by atoms with Crippen LogP contribution in [0.3, 0.4) is 0 Å². The molecule has 0 bridgehead atoms. The number of nitrogens with zero attached hydrogens (tertiary/aromatic N) is 1. The lowest BCUT2D eigenvalue weighted by Crippen LogP contribution is -2.46. The summed E-state index contributed by atoms with van der Waals surface area (Å²) in [5.74, 6) is -0.875. The summed E-state index contributed by atoms with van der Waals surface area (Å²) in [5, 5.41) is 14.5. The number of ether oxygens (including phenoxy) is 1. The Labute approximate surface area is 127 Å². The minimum Gasteiger partial charge on any atom is -0.481 e. The van der Waals surface area contributed by atoms with Gasteiger partial charge in [-0.2, -0.15) is 0 Å². The van der Waals surface area contributed by atoms with E-state index in [-0.39, 0.29) is 12.6 Å². The van der Waals surface area contributed by atoms with Crippen molar-refractivity contribution in [2.24, 2.45) is 5.41 Å². The van der Waals surface area contributed by atoms with E-state index in [9.17, 15) is 14.7 Å². The third-order valence-electron chi connectivity index (χ3n) is 3.61. The minimum atomic E-state index is -0.889. The number of amides is 2. The summed E-state index contributed by atoms with van der Waals surface area (Å²) in [5.41, 5.74) is -0.889. The number of rotatable bonds is 11. The second-order valence-corrected chi connectivity index (χ2v) is 5.32. The van der Waals surface area contributed by atoms with Crippen molar-refractivity contribution in [3.8, 4) is 0 Å². The molecule has 2 amide bonds. The molecule has 7 heteroatoms. The molecule has 0 fully saturated rings. The molecule has 0 saturated heterocycles. The van der Waals surface area contributed by atoms with Crippen LogP contribution in [0.15, 0.2) is 0 Å². The topological polar surface area (TPSA) is 90.9 Å². The van der Waals surface area contributed by atoms with Crippen LogP contribution in [0.4, 0.5) is 4.79 Å². The van der Waals surface area contributed by atoms with Crippen molar-refractivity contribution in [2.75, 3.05) is 46.9 Å². The number of hydrogen-bond donors (Lipinski definition) is 3. The van der Waals surface area contributed by atoms with E-state index in [0.29, 0.717) is 32.6 Å². The Balaban J connectivity index is 3.87. The van der Waals surface area contributed by atoms with Crippen molar-refractivity contribution >= 4 is 12.0 Å². The third kappa shape index (κ3) is 7.87. The second-order valence-electron chi connectivity index (χ2n) is 5.32. The lowest BCUT2D eigenvalue weighted by molar-refractivity contribution is -0.149. The van der Waals surface area contributed by atoms with Gasteiger partial charge in [-0.05, 0) is 26.9 Å². The molecular weight excluding hydrogens is 274 g/mol. The Bertz CT molecular complexity index is 317. The number of aliphatic carboxylic acids is 1. The first-order valence-corrected chi connectivity index (χ1v) is 7.35. The van der Waals surface area contributed by atoms with Crippen LogP contribution >= 0.6 is 0 Å². The molecule has 0 radical (unpaired) electrons. The van der Waals surface area contributed by atoms with Gasteiger partial charge in [0.15, 0.2) is 0 Å². The van der Waals surface area contributed by atoms with Gasteiger partial charge in [0.2, 0.25) is 0 Å². The van der Waals surface area contributed by atoms with Crippen LogP contribution in [0, 0.1) is 5.41 Å². The van der Waals surface area contributed by atoms with E-state index in [4.69, 9.17) is 4.74 Å². The molecule has 0 heterocycles. The fourth-order valence-electron chi connectivity index (χ4n) is 1.78. The van der Waals surface area contributed by atoms with Gasteiger partial charge in [0, 0.05) is 19.6 Å². The number of carbonyl (C=O) groups is 2. The molecular formula is C14H29N3O4. The van der Waals surface area contributed by atoms with E-state index in [1.807, 2.05) is 32.8 Å². The highest BCUT2D eigenvalue weighted by atomic mass is 16.5. The summed E-state index contributed by atoms with van der Waals surface area (Å²) in [6.45, 7) is 6.04. The number of carbonyl (C=O) groups excluding carboxylic acids is 1. The zero-order valence-corrected chi connectivity index (χ0v) is 13.6. The first-order valence-electron chi connectivity index (χ1n) is 7.35. The molecule has 0 rings (SSSR count). The fraction of sp³-hybridized carbons (Fsp3) is 0.857. The molecule has 0 atom stereocenters.